The second-order valence-electron chi connectivity index (χ2n) is 7.23. The third kappa shape index (κ3) is 3.66. The van der Waals surface area contributed by atoms with Crippen LogP contribution in [0.25, 0.3) is 22.1 Å². The summed E-state index contributed by atoms with van der Waals surface area (Å²) in [6.45, 7) is 3.75. The van der Waals surface area contributed by atoms with Crippen LogP contribution in [0.1, 0.15) is 12.8 Å². The topological polar surface area (TPSA) is 90.9 Å². The van der Waals surface area contributed by atoms with Crippen LogP contribution in [0.15, 0.2) is 48.5 Å². The first-order chi connectivity index (χ1) is 13.6. The summed E-state index contributed by atoms with van der Waals surface area (Å²) in [5, 5.41) is 0. The van der Waals surface area contributed by atoms with E-state index in [1.807, 2.05) is 36.4 Å². The number of nitrogens with zero attached hydrogens (tertiary/aromatic N) is 5. The third-order valence-corrected chi connectivity index (χ3v) is 5.21. The van der Waals surface area contributed by atoms with Crippen LogP contribution in [0.5, 0.6) is 0 Å². The summed E-state index contributed by atoms with van der Waals surface area (Å²) in [5.74, 6) is 1.18. The Balaban J connectivity index is 1.27. The lowest BCUT2D eigenvalue weighted by molar-refractivity contribution is 0.312. The van der Waals surface area contributed by atoms with E-state index in [1.165, 1.54) is 0 Å². The second-order valence-corrected chi connectivity index (χ2v) is 7.23. The van der Waals surface area contributed by atoms with Crippen LogP contribution in [0, 0.1) is 0 Å². The summed E-state index contributed by atoms with van der Waals surface area (Å²) in [7, 11) is 2.16. The number of imidazole rings is 2. The molecule has 0 radical (unpaired) electrons. The number of aromatic nitrogens is 4. The van der Waals surface area contributed by atoms with Gasteiger partial charge in [-0.15, -0.1) is 0 Å². The predicted molar refractivity (Wildman–Crippen MR) is 115 cm³/mol. The molecular formula is C21H27N7. The summed E-state index contributed by atoms with van der Waals surface area (Å²) in [6, 6.07) is 16.2. The van der Waals surface area contributed by atoms with Gasteiger partial charge < -0.3 is 25.5 Å². The van der Waals surface area contributed by atoms with Crippen LogP contribution in [-0.2, 0) is 13.1 Å². The summed E-state index contributed by atoms with van der Waals surface area (Å²) < 4.78 is 4.20. The second kappa shape index (κ2) is 7.90. The zero-order valence-corrected chi connectivity index (χ0v) is 16.3. The van der Waals surface area contributed by atoms with Gasteiger partial charge in [-0.05, 0) is 57.2 Å². The van der Waals surface area contributed by atoms with E-state index in [4.69, 9.17) is 11.5 Å². The van der Waals surface area contributed by atoms with E-state index in [0.29, 0.717) is 11.9 Å². The molecule has 28 heavy (non-hydrogen) atoms. The fourth-order valence-corrected chi connectivity index (χ4v) is 3.77. The lowest BCUT2D eigenvalue weighted by Gasteiger charge is -2.17. The van der Waals surface area contributed by atoms with Crippen molar-refractivity contribution in [3.63, 3.8) is 0 Å². The van der Waals surface area contributed by atoms with Crippen LogP contribution in [0.4, 0.5) is 11.9 Å². The molecule has 0 aliphatic carbocycles. The van der Waals surface area contributed by atoms with E-state index in [0.717, 1.165) is 61.1 Å². The Morgan fingerprint density at radius 1 is 0.750 bits per heavy atom. The fraction of sp³-hybridized carbons (Fsp3) is 0.333. The Morgan fingerprint density at radius 2 is 1.18 bits per heavy atom. The molecule has 0 bridgehead atoms. The number of fused-ring (bicyclic) bond motifs is 2. The first-order valence-electron chi connectivity index (χ1n) is 9.73. The third-order valence-electron chi connectivity index (χ3n) is 5.21. The van der Waals surface area contributed by atoms with Crippen molar-refractivity contribution in [2.45, 2.75) is 25.9 Å². The Morgan fingerprint density at radius 3 is 1.64 bits per heavy atom. The van der Waals surface area contributed by atoms with Crippen molar-refractivity contribution in [3.05, 3.63) is 48.5 Å². The first-order valence-corrected chi connectivity index (χ1v) is 9.73. The zero-order chi connectivity index (χ0) is 19.5. The van der Waals surface area contributed by atoms with Crippen LogP contribution in [0.2, 0.25) is 0 Å². The Bertz CT molecular complexity index is 993. The van der Waals surface area contributed by atoms with Crippen LogP contribution in [0.3, 0.4) is 0 Å². The minimum absolute atomic E-state index is 0.589. The Kier molecular flexibility index (Phi) is 5.16. The van der Waals surface area contributed by atoms with Gasteiger partial charge in [0.1, 0.15) is 0 Å². The van der Waals surface area contributed by atoms with E-state index >= 15 is 0 Å². The standard InChI is InChI=1S/C21H27N7/c1-26(12-6-14-27-18-10-4-2-8-16(18)24-20(27)22)13-7-15-28-19-11-5-3-9-17(19)25-21(28)23/h2-5,8-11H,6-7,12-15H2,1H3,(H2,22,24)(H2,23,25). The van der Waals surface area contributed by atoms with Crippen molar-refractivity contribution >= 4 is 34.0 Å². The molecule has 2 heterocycles. The number of hydrogen-bond donors (Lipinski definition) is 2. The molecule has 2 aromatic heterocycles. The molecular weight excluding hydrogens is 350 g/mol. The number of rotatable bonds is 8. The molecule has 7 heteroatoms. The maximum Gasteiger partial charge on any atom is 0.201 e. The van der Waals surface area contributed by atoms with Gasteiger partial charge in [0.15, 0.2) is 0 Å². The van der Waals surface area contributed by atoms with Gasteiger partial charge >= 0.3 is 0 Å². The molecule has 2 aromatic carbocycles. The molecule has 4 aromatic rings. The number of benzene rings is 2. The van der Waals surface area contributed by atoms with Gasteiger partial charge in [-0.1, -0.05) is 24.3 Å². The van der Waals surface area contributed by atoms with Crippen molar-refractivity contribution in [1.82, 2.24) is 24.0 Å². The fourth-order valence-electron chi connectivity index (χ4n) is 3.77. The van der Waals surface area contributed by atoms with Crippen molar-refractivity contribution in [2.75, 3.05) is 31.6 Å². The Hall–Kier alpha value is -3.06. The van der Waals surface area contributed by atoms with Gasteiger partial charge in [0, 0.05) is 13.1 Å². The van der Waals surface area contributed by atoms with Crippen molar-refractivity contribution in [1.29, 1.82) is 0 Å². The highest BCUT2D eigenvalue weighted by molar-refractivity contribution is 5.78. The normalized spacial score (nSPS) is 11.8. The average molecular weight is 377 g/mol. The lowest BCUT2D eigenvalue weighted by atomic mass is 10.3. The van der Waals surface area contributed by atoms with E-state index < -0.39 is 0 Å². The monoisotopic (exact) mass is 377 g/mol. The summed E-state index contributed by atoms with van der Waals surface area (Å²) in [6.07, 6.45) is 2.05. The van der Waals surface area contributed by atoms with Crippen LogP contribution in [-0.4, -0.2) is 44.1 Å². The molecule has 0 saturated carbocycles. The molecule has 4 rings (SSSR count). The number of para-hydroxylation sites is 4. The molecule has 7 nitrogen and oxygen atoms in total. The minimum atomic E-state index is 0.589. The summed E-state index contributed by atoms with van der Waals surface area (Å²) in [5.41, 5.74) is 16.3. The zero-order valence-electron chi connectivity index (χ0n) is 16.3. The molecule has 0 aliphatic heterocycles. The van der Waals surface area contributed by atoms with Crippen molar-refractivity contribution < 1.29 is 0 Å². The number of nitrogen functional groups attached to an aromatic ring is 2. The van der Waals surface area contributed by atoms with E-state index in [9.17, 15) is 0 Å². The van der Waals surface area contributed by atoms with Gasteiger partial charge in [-0.3, -0.25) is 0 Å². The van der Waals surface area contributed by atoms with Gasteiger partial charge in [-0.25, -0.2) is 9.97 Å². The highest BCUT2D eigenvalue weighted by Gasteiger charge is 2.09. The van der Waals surface area contributed by atoms with E-state index in [1.54, 1.807) is 0 Å². The highest BCUT2D eigenvalue weighted by Crippen LogP contribution is 2.19. The van der Waals surface area contributed by atoms with Crippen LogP contribution < -0.4 is 11.5 Å². The van der Waals surface area contributed by atoms with Crippen molar-refractivity contribution in [3.8, 4) is 0 Å². The number of nitrogens with two attached hydrogens (primary N) is 2. The molecule has 0 amide bonds. The molecule has 0 atom stereocenters. The molecule has 0 unspecified atom stereocenters. The molecule has 0 saturated heterocycles. The predicted octanol–water partition coefficient (Wildman–Crippen LogP) is 2.96. The van der Waals surface area contributed by atoms with Gasteiger partial charge in [0.25, 0.3) is 0 Å². The van der Waals surface area contributed by atoms with E-state index in [-0.39, 0.29) is 0 Å². The Labute approximate surface area is 164 Å². The van der Waals surface area contributed by atoms with Gasteiger partial charge in [0.2, 0.25) is 11.9 Å². The number of aryl methyl sites for hydroxylation is 2. The SMILES string of the molecule is CN(CCCn1c(N)nc2ccccc21)CCCn1c(N)nc2ccccc21. The number of hydrogen-bond acceptors (Lipinski definition) is 5. The average Bonchev–Trinajstić information content (AvgIpc) is 3.18. The number of anilines is 2. The summed E-state index contributed by atoms with van der Waals surface area (Å²) in [4.78, 5) is 11.2. The molecule has 0 spiro atoms. The summed E-state index contributed by atoms with van der Waals surface area (Å²) >= 11 is 0. The largest absolute Gasteiger partial charge is 0.369 e. The molecule has 0 fully saturated rings. The maximum atomic E-state index is 6.08. The quantitative estimate of drug-likeness (QED) is 0.493. The van der Waals surface area contributed by atoms with Crippen molar-refractivity contribution in [2.24, 2.45) is 0 Å². The van der Waals surface area contributed by atoms with Crippen LogP contribution >= 0.6 is 0 Å². The molecule has 4 N–H and O–H groups in total. The molecule has 146 valence electrons. The lowest BCUT2D eigenvalue weighted by Crippen LogP contribution is -2.23. The van der Waals surface area contributed by atoms with Gasteiger partial charge in [-0.2, -0.15) is 0 Å². The first kappa shape index (κ1) is 18.3. The van der Waals surface area contributed by atoms with Gasteiger partial charge in [0.05, 0.1) is 22.1 Å². The highest BCUT2D eigenvalue weighted by atomic mass is 15.2. The van der Waals surface area contributed by atoms with E-state index in [2.05, 4.69) is 43.2 Å². The molecule has 0 aliphatic rings. The smallest absolute Gasteiger partial charge is 0.201 e. The minimum Gasteiger partial charge on any atom is -0.369 e. The maximum absolute atomic E-state index is 6.08.